The zero-order valence-electron chi connectivity index (χ0n) is 18.9. The lowest BCUT2D eigenvalue weighted by molar-refractivity contribution is -0.137. The lowest BCUT2D eigenvalue weighted by Crippen LogP contribution is -2.61. The minimum Gasteiger partial charge on any atom is -0.490 e. The number of carbonyl (C=O) groups excluding carboxylic acids is 1. The summed E-state index contributed by atoms with van der Waals surface area (Å²) < 4.78 is 92.9. The molecule has 2 saturated heterocycles. The predicted octanol–water partition coefficient (Wildman–Crippen LogP) is 5.43. The minimum atomic E-state index is -4.61. The van der Waals surface area contributed by atoms with Crippen LogP contribution in [0.25, 0.3) is 0 Å². The van der Waals surface area contributed by atoms with Crippen molar-refractivity contribution in [2.45, 2.75) is 54.5 Å². The van der Waals surface area contributed by atoms with E-state index in [9.17, 15) is 30.8 Å². The molecule has 0 amide bonds. The second kappa shape index (κ2) is 9.80. The van der Waals surface area contributed by atoms with E-state index in [1.807, 2.05) is 0 Å². The van der Waals surface area contributed by atoms with Crippen molar-refractivity contribution in [3.63, 3.8) is 0 Å². The normalized spacial score (nSPS) is 27.3. The quantitative estimate of drug-likeness (QED) is 0.359. The Labute approximate surface area is 207 Å². The molecule has 4 rings (SSSR count). The van der Waals surface area contributed by atoms with Crippen LogP contribution in [-0.4, -0.2) is 43.4 Å². The number of sulfone groups is 1. The smallest absolute Gasteiger partial charge is 0.416 e. The number of benzene rings is 1. The van der Waals surface area contributed by atoms with E-state index in [0.29, 0.717) is 17.5 Å². The standard InChI is InChI=1S/C23H25F4O5PS2/c1-13(28)34-11-8-18-16-12-32-21-17(24)6-7-19(33)20(21)22(16,9-10-31-18)35(29,30)15-4-2-14(3-5-15)23(25,26)27/h2-5,16,18H,6-12,33H2,1H3/t16?,18-,22-/m0/s1. The number of halogens is 4. The molecular formula is C23H25F4O5PS2. The van der Waals surface area contributed by atoms with Gasteiger partial charge in [-0.25, -0.2) is 12.8 Å². The van der Waals surface area contributed by atoms with E-state index in [-0.39, 0.29) is 53.8 Å². The van der Waals surface area contributed by atoms with Crippen LogP contribution < -0.4 is 0 Å². The SMILES string of the molecule is CC(=O)SCC[C@@H]1OCC[C@@]2(S(=O)(=O)c3ccc(C(F)(F)F)cc3)C3=C(P)CCC(F)=C3OCC12. The van der Waals surface area contributed by atoms with Gasteiger partial charge in [0, 0.05) is 37.2 Å². The van der Waals surface area contributed by atoms with Gasteiger partial charge in [-0.1, -0.05) is 11.8 Å². The van der Waals surface area contributed by atoms with Crippen molar-refractivity contribution in [2.75, 3.05) is 19.0 Å². The number of fused-ring (bicyclic) bond motifs is 3. The van der Waals surface area contributed by atoms with Gasteiger partial charge in [0.05, 0.1) is 23.2 Å². The number of ether oxygens (including phenoxy) is 2. The van der Waals surface area contributed by atoms with Crippen molar-refractivity contribution in [3.8, 4) is 0 Å². The molecule has 2 unspecified atom stereocenters. The third-order valence-corrected chi connectivity index (χ3v) is 10.8. The first-order valence-electron chi connectivity index (χ1n) is 11.1. The van der Waals surface area contributed by atoms with Crippen LogP contribution in [0.3, 0.4) is 0 Å². The monoisotopic (exact) mass is 552 g/mol. The van der Waals surface area contributed by atoms with Gasteiger partial charge in [-0.2, -0.15) is 13.2 Å². The summed E-state index contributed by atoms with van der Waals surface area (Å²) in [6.07, 6.45) is -4.49. The summed E-state index contributed by atoms with van der Waals surface area (Å²) >= 11 is 1.09. The molecule has 3 aliphatic rings. The van der Waals surface area contributed by atoms with Crippen molar-refractivity contribution in [3.05, 3.63) is 52.3 Å². The van der Waals surface area contributed by atoms with Gasteiger partial charge in [-0.05, 0) is 48.8 Å². The van der Waals surface area contributed by atoms with Crippen LogP contribution in [0, 0.1) is 5.92 Å². The summed E-state index contributed by atoms with van der Waals surface area (Å²) in [5.41, 5.74) is -0.728. The molecule has 0 saturated carbocycles. The van der Waals surface area contributed by atoms with Gasteiger partial charge in [0.15, 0.2) is 20.7 Å². The highest BCUT2D eigenvalue weighted by atomic mass is 32.2. The molecule has 5 nitrogen and oxygen atoms in total. The molecule has 2 fully saturated rings. The van der Waals surface area contributed by atoms with E-state index in [0.717, 1.165) is 36.0 Å². The highest BCUT2D eigenvalue weighted by Gasteiger charge is 2.62. The predicted molar refractivity (Wildman–Crippen MR) is 127 cm³/mol. The van der Waals surface area contributed by atoms with Gasteiger partial charge in [0.2, 0.25) is 0 Å². The number of alkyl halides is 3. The fourth-order valence-electron chi connectivity index (χ4n) is 5.17. The first-order valence-corrected chi connectivity index (χ1v) is 14.1. The molecule has 4 atom stereocenters. The second-order valence-electron chi connectivity index (χ2n) is 8.75. The van der Waals surface area contributed by atoms with Gasteiger partial charge >= 0.3 is 6.18 Å². The number of rotatable bonds is 5. The Morgan fingerprint density at radius 1 is 1.23 bits per heavy atom. The largest absolute Gasteiger partial charge is 0.490 e. The van der Waals surface area contributed by atoms with Crippen molar-refractivity contribution < 1.29 is 40.2 Å². The van der Waals surface area contributed by atoms with Crippen molar-refractivity contribution in [1.29, 1.82) is 0 Å². The molecule has 1 aliphatic carbocycles. The molecule has 0 aromatic heterocycles. The van der Waals surface area contributed by atoms with Crippen molar-refractivity contribution in [1.82, 2.24) is 0 Å². The number of hydrogen-bond donors (Lipinski definition) is 0. The Hall–Kier alpha value is -1.42. The summed E-state index contributed by atoms with van der Waals surface area (Å²) in [7, 11) is -1.82. The van der Waals surface area contributed by atoms with Crippen molar-refractivity contribution >= 4 is 36.0 Å². The molecule has 2 aliphatic heterocycles. The van der Waals surface area contributed by atoms with Gasteiger partial charge in [0.1, 0.15) is 10.6 Å². The summed E-state index contributed by atoms with van der Waals surface area (Å²) in [6, 6.07) is 3.40. The summed E-state index contributed by atoms with van der Waals surface area (Å²) in [4.78, 5) is 11.1. The topological polar surface area (TPSA) is 69.7 Å². The maximum absolute atomic E-state index is 14.9. The highest BCUT2D eigenvalue weighted by Crippen LogP contribution is 2.56. The van der Waals surface area contributed by atoms with Crippen LogP contribution in [-0.2, 0) is 30.3 Å². The summed E-state index contributed by atoms with van der Waals surface area (Å²) in [6.45, 7) is 1.37. The van der Waals surface area contributed by atoms with E-state index in [1.54, 1.807) is 0 Å². The number of carbonyl (C=O) groups is 1. The van der Waals surface area contributed by atoms with E-state index < -0.39 is 44.2 Å². The van der Waals surface area contributed by atoms with Crippen LogP contribution in [0.4, 0.5) is 17.6 Å². The average molecular weight is 553 g/mol. The van der Waals surface area contributed by atoms with Crippen LogP contribution in [0.2, 0.25) is 0 Å². The Balaban J connectivity index is 1.85. The van der Waals surface area contributed by atoms with Gasteiger partial charge in [-0.15, -0.1) is 9.24 Å². The number of thioether (sulfide) groups is 1. The number of hydrogen-bond acceptors (Lipinski definition) is 6. The summed E-state index contributed by atoms with van der Waals surface area (Å²) in [5.74, 6) is -0.971. The maximum atomic E-state index is 14.9. The van der Waals surface area contributed by atoms with Crippen LogP contribution in [0.15, 0.2) is 51.6 Å². The zero-order chi connectivity index (χ0) is 25.6. The Morgan fingerprint density at radius 3 is 2.54 bits per heavy atom. The molecular weight excluding hydrogens is 527 g/mol. The molecule has 35 heavy (non-hydrogen) atoms. The molecule has 192 valence electrons. The van der Waals surface area contributed by atoms with E-state index >= 15 is 0 Å². The van der Waals surface area contributed by atoms with Crippen LogP contribution >= 0.6 is 21.0 Å². The lowest BCUT2D eigenvalue weighted by Gasteiger charge is -2.52. The summed E-state index contributed by atoms with van der Waals surface area (Å²) in [5, 5.41) is 0.513. The molecule has 0 spiro atoms. The maximum Gasteiger partial charge on any atom is 0.416 e. The van der Waals surface area contributed by atoms with Crippen LogP contribution in [0.1, 0.15) is 38.2 Å². The second-order valence-corrected chi connectivity index (χ2v) is 12.9. The van der Waals surface area contributed by atoms with E-state index in [4.69, 9.17) is 9.47 Å². The first-order chi connectivity index (χ1) is 16.4. The average Bonchev–Trinajstić information content (AvgIpc) is 2.80. The Morgan fingerprint density at radius 2 is 1.91 bits per heavy atom. The lowest BCUT2D eigenvalue weighted by atomic mass is 9.73. The van der Waals surface area contributed by atoms with Gasteiger partial charge in [-0.3, -0.25) is 4.79 Å². The van der Waals surface area contributed by atoms with Crippen molar-refractivity contribution in [2.24, 2.45) is 5.92 Å². The van der Waals surface area contributed by atoms with Crippen LogP contribution in [0.5, 0.6) is 0 Å². The minimum absolute atomic E-state index is 0.00471. The fourth-order valence-corrected chi connectivity index (χ4v) is 8.83. The third kappa shape index (κ3) is 4.69. The zero-order valence-corrected chi connectivity index (χ0v) is 21.6. The fraction of sp³-hybridized carbons (Fsp3) is 0.522. The first kappa shape index (κ1) is 26.6. The Kier molecular flexibility index (Phi) is 7.46. The molecule has 1 aromatic rings. The Bertz CT molecular complexity index is 1180. The highest BCUT2D eigenvalue weighted by molar-refractivity contribution is 8.13. The number of allylic oxidation sites excluding steroid dienone is 3. The van der Waals surface area contributed by atoms with E-state index in [2.05, 4.69) is 9.24 Å². The molecule has 0 bridgehead atoms. The molecule has 2 heterocycles. The van der Waals surface area contributed by atoms with Gasteiger partial charge < -0.3 is 9.47 Å². The third-order valence-electron chi connectivity index (χ3n) is 6.77. The molecule has 12 heteroatoms. The molecule has 0 N–H and O–H groups in total. The van der Waals surface area contributed by atoms with Gasteiger partial charge in [0.25, 0.3) is 0 Å². The molecule has 1 aromatic carbocycles. The molecule has 0 radical (unpaired) electrons. The van der Waals surface area contributed by atoms with E-state index in [1.165, 1.54) is 6.92 Å².